The molecule has 0 saturated heterocycles. The van der Waals surface area contributed by atoms with Gasteiger partial charge in [0.05, 0.1) is 50.7 Å². The number of carbonyl (C=O) groups excluding carboxylic acids is 10. The fraction of sp³-hybridized carbons (Fsp3) is 0.202. The molecule has 0 radical (unpaired) electrons. The third-order valence-corrected chi connectivity index (χ3v) is 18.8. The van der Waals surface area contributed by atoms with Crippen LogP contribution in [-0.2, 0) is 9.47 Å². The molecule has 116 heavy (non-hydrogen) atoms. The molecule has 594 valence electrons. The second-order valence-corrected chi connectivity index (χ2v) is 28.5. The minimum atomic E-state index is -0.917. The average Bonchev–Trinajstić information content (AvgIpc) is 0.748. The van der Waals surface area contributed by atoms with Crippen LogP contribution in [0.15, 0.2) is 242 Å². The molecule has 1 aromatic heterocycles. The Bertz CT molecular complexity index is 5950. The van der Waals surface area contributed by atoms with E-state index in [9.17, 15) is 78.3 Å². The summed E-state index contributed by atoms with van der Waals surface area (Å²) in [6.45, 7) is 19.0. The highest BCUT2D eigenvalue weighted by molar-refractivity contribution is 6.28. The molecule has 2 heterocycles. The van der Waals surface area contributed by atoms with E-state index in [1.165, 1.54) is 83.1 Å². The Kier molecular flexibility index (Phi) is 27.4. The number of phenols is 4. The summed E-state index contributed by atoms with van der Waals surface area (Å²) < 4.78 is 30.9. The van der Waals surface area contributed by atoms with E-state index < -0.39 is 23.2 Å². The Morgan fingerprint density at radius 3 is 1.24 bits per heavy atom. The first kappa shape index (κ1) is 85.8. The van der Waals surface area contributed by atoms with E-state index in [1.807, 2.05) is 85.8 Å². The SMILES string of the molecule is CC(C)=CCC1=CC(=O)c2c(O)cccc2C1=O.CC(C)=CCC1=CC(=O)c2cccc(O)c2C1=O.COC(=O)c1c(O)c2ccccc2c2oc(=O)ccc12.COC(=O)c1c2c(c3ccccc3c1O)OC(C)(C)C(O)=C2.COc1cccc2c1C(=O)C(CC=C(C)C)=CC2=O.COc1cccc2c1C(=O)C=C(CC=C(C)C)C2=O. The van der Waals surface area contributed by atoms with Crippen molar-refractivity contribution >= 4 is 96.8 Å². The number of hydrogen-bond donors (Lipinski definition) is 5. The van der Waals surface area contributed by atoms with Crippen molar-refractivity contribution in [2.75, 3.05) is 28.4 Å². The number of hydrogen-bond acceptors (Lipinski definition) is 22. The molecule has 14 rings (SSSR count). The molecule has 0 atom stereocenters. The van der Waals surface area contributed by atoms with Crippen LogP contribution >= 0.6 is 0 Å². The molecule has 0 bridgehead atoms. The van der Waals surface area contributed by atoms with Gasteiger partial charge in [0.2, 0.25) is 0 Å². The molecular formula is C94H86O22. The first-order valence-electron chi connectivity index (χ1n) is 36.5. The number of aliphatic hydroxyl groups is 1. The summed E-state index contributed by atoms with van der Waals surface area (Å²) in [5.74, 6) is -2.18. The highest BCUT2D eigenvalue weighted by Crippen LogP contribution is 2.47. The number of aliphatic hydroxyl groups excluding tert-OH is 1. The van der Waals surface area contributed by atoms with Crippen molar-refractivity contribution in [2.24, 2.45) is 0 Å². The predicted octanol–water partition coefficient (Wildman–Crippen LogP) is 18.7. The van der Waals surface area contributed by atoms with Crippen molar-refractivity contribution in [1.82, 2.24) is 0 Å². The molecule has 5 aliphatic rings. The number of methoxy groups -OCH3 is 4. The highest BCUT2D eigenvalue weighted by Gasteiger charge is 2.37. The van der Waals surface area contributed by atoms with Crippen LogP contribution in [0, 0.1) is 0 Å². The standard InChI is InChI=1S/C17H16O5.2C16H16O3.C15H10O5.2C15H14O3/c1-17(2)12(18)8-11-13(16(20)21-3)14(19)9-6-4-5-7-10(9)15(11)22-17;1-10(2)7-8-11-9-13(17)15-12(16(11)18)5-4-6-14(15)19-3;1-10(2)7-8-11-9-13(17)12-5-4-6-14(19-3)15(12)16(11)18;1-19-15(18)12-10-6-7-11(16)20-14(10)9-5-3-2-4-8(9)13(12)17;1-9(2)6-7-10-8-13(17)14-11(15(10)18)4-3-5-12(14)16;1-9(2)6-7-10-8-13(17)11-4-3-5-12(16)14(11)15(10)18/h4-8,18-19H,1-3H3;2*4-7,9H,8H2,1-3H3;2-7,17H,1H3;2*3-6,8,16H,7H2,1-2H3. The first-order chi connectivity index (χ1) is 55.1. The Labute approximate surface area is 668 Å². The summed E-state index contributed by atoms with van der Waals surface area (Å²) >= 11 is 0. The summed E-state index contributed by atoms with van der Waals surface area (Å²) in [4.78, 5) is 132. The Morgan fingerprint density at radius 1 is 0.379 bits per heavy atom. The van der Waals surface area contributed by atoms with E-state index in [1.54, 1.807) is 117 Å². The Morgan fingerprint density at radius 2 is 0.759 bits per heavy atom. The maximum atomic E-state index is 12.4. The molecule has 0 spiro atoms. The monoisotopic (exact) mass is 1570 g/mol. The van der Waals surface area contributed by atoms with Crippen LogP contribution in [0.5, 0.6) is 40.2 Å². The van der Waals surface area contributed by atoms with Crippen LogP contribution in [0.25, 0.3) is 38.6 Å². The quantitative estimate of drug-likeness (QED) is 0.0328. The van der Waals surface area contributed by atoms with Crippen molar-refractivity contribution in [2.45, 2.75) is 101 Å². The fourth-order valence-corrected chi connectivity index (χ4v) is 12.8. The Balaban J connectivity index is 0.000000159. The van der Waals surface area contributed by atoms with Crippen molar-refractivity contribution in [3.8, 4) is 40.2 Å². The molecule has 1 aliphatic heterocycles. The molecule has 9 aromatic rings. The van der Waals surface area contributed by atoms with Gasteiger partial charge in [0.1, 0.15) is 62.7 Å². The van der Waals surface area contributed by atoms with Gasteiger partial charge in [-0.05, 0) is 156 Å². The van der Waals surface area contributed by atoms with Gasteiger partial charge in [-0.2, -0.15) is 0 Å². The number of aromatic hydroxyl groups is 4. The predicted molar refractivity (Wildman–Crippen MR) is 441 cm³/mol. The highest BCUT2D eigenvalue weighted by atomic mass is 16.5. The number of Topliss-reactive ketones (excluding diaryl/α,β-unsaturated/α-hetero) is 4. The molecule has 8 aromatic carbocycles. The topological polar surface area (TPSA) is 348 Å². The Hall–Kier alpha value is -14.2. The van der Waals surface area contributed by atoms with Crippen molar-refractivity contribution in [1.29, 1.82) is 0 Å². The minimum absolute atomic E-state index is 0.00931. The van der Waals surface area contributed by atoms with Gasteiger partial charge in [0, 0.05) is 83.1 Å². The van der Waals surface area contributed by atoms with Crippen LogP contribution in [0.1, 0.15) is 204 Å². The molecule has 0 unspecified atom stereocenters. The summed E-state index contributed by atoms with van der Waals surface area (Å²) in [5, 5.41) is 52.7. The number of allylic oxidation sites excluding steroid dienone is 16. The zero-order valence-corrected chi connectivity index (χ0v) is 66.4. The summed E-state index contributed by atoms with van der Waals surface area (Å²) in [5.41, 5.74) is 7.90. The van der Waals surface area contributed by atoms with Gasteiger partial charge in [-0.3, -0.25) is 38.4 Å². The van der Waals surface area contributed by atoms with Crippen LogP contribution in [0.3, 0.4) is 0 Å². The maximum Gasteiger partial charge on any atom is 0.342 e. The second kappa shape index (κ2) is 37.0. The average molecular weight is 1570 g/mol. The van der Waals surface area contributed by atoms with Gasteiger partial charge in [-0.1, -0.05) is 144 Å². The van der Waals surface area contributed by atoms with Gasteiger partial charge in [0.25, 0.3) is 0 Å². The number of ether oxygens (including phenoxy) is 5. The molecule has 0 fully saturated rings. The van der Waals surface area contributed by atoms with E-state index in [0.717, 1.165) is 22.3 Å². The van der Waals surface area contributed by atoms with Crippen LogP contribution in [0.4, 0.5) is 0 Å². The van der Waals surface area contributed by atoms with Gasteiger partial charge < -0.3 is 53.6 Å². The number of carbonyl (C=O) groups is 10. The van der Waals surface area contributed by atoms with Crippen LogP contribution in [-0.4, -0.2) is 118 Å². The summed E-state index contributed by atoms with van der Waals surface area (Å²) in [7, 11) is 5.46. The van der Waals surface area contributed by atoms with E-state index in [2.05, 4.69) is 4.74 Å². The lowest BCUT2D eigenvalue weighted by molar-refractivity contribution is 0.0587. The van der Waals surface area contributed by atoms with E-state index in [0.29, 0.717) is 126 Å². The minimum Gasteiger partial charge on any atom is -0.508 e. The molecule has 22 heteroatoms. The number of esters is 2. The number of benzene rings is 8. The van der Waals surface area contributed by atoms with E-state index >= 15 is 0 Å². The molecule has 4 aliphatic carbocycles. The maximum absolute atomic E-state index is 12.4. The summed E-state index contributed by atoms with van der Waals surface area (Å²) in [6.07, 6.45) is 16.5. The van der Waals surface area contributed by atoms with Crippen LogP contribution in [0.2, 0.25) is 0 Å². The van der Waals surface area contributed by atoms with Gasteiger partial charge in [0.15, 0.2) is 51.9 Å². The van der Waals surface area contributed by atoms with Crippen molar-refractivity contribution in [3.63, 3.8) is 0 Å². The lowest BCUT2D eigenvalue weighted by atomic mass is 9.87. The van der Waals surface area contributed by atoms with Crippen molar-refractivity contribution in [3.05, 3.63) is 304 Å². The normalized spacial score (nSPS) is 13.7. The van der Waals surface area contributed by atoms with Gasteiger partial charge in [-0.25, -0.2) is 14.4 Å². The van der Waals surface area contributed by atoms with Gasteiger partial charge in [-0.15, -0.1) is 0 Å². The molecule has 0 saturated carbocycles. The van der Waals surface area contributed by atoms with E-state index in [-0.39, 0.29) is 108 Å². The number of rotatable bonds is 12. The number of ketones is 8. The largest absolute Gasteiger partial charge is 0.508 e. The number of phenolic OH excluding ortho intramolecular Hbond substituents is 4. The zero-order chi connectivity index (χ0) is 84.9. The molecule has 22 nitrogen and oxygen atoms in total. The zero-order valence-electron chi connectivity index (χ0n) is 66.4. The molecule has 5 N–H and O–H groups in total. The summed E-state index contributed by atoms with van der Waals surface area (Å²) in [6, 6.07) is 35.8. The second-order valence-electron chi connectivity index (χ2n) is 28.5. The smallest absolute Gasteiger partial charge is 0.342 e. The number of fused-ring (bicyclic) bond motifs is 10. The lowest BCUT2D eigenvalue weighted by Gasteiger charge is -2.32. The molecular weight excluding hydrogens is 1480 g/mol. The van der Waals surface area contributed by atoms with Gasteiger partial charge >= 0.3 is 17.6 Å². The van der Waals surface area contributed by atoms with Crippen LogP contribution < -0.4 is 19.8 Å². The third-order valence-electron chi connectivity index (χ3n) is 18.8. The first-order valence-corrected chi connectivity index (χ1v) is 36.5. The fourth-order valence-electron chi connectivity index (χ4n) is 12.8. The lowest BCUT2D eigenvalue weighted by Crippen LogP contribution is -2.33. The third kappa shape index (κ3) is 18.8. The van der Waals surface area contributed by atoms with E-state index in [4.69, 9.17) is 23.4 Å². The molecule has 0 amide bonds. The van der Waals surface area contributed by atoms with Crippen molar-refractivity contribution < 1.29 is 102 Å².